The molecule has 5 nitrogen and oxygen atoms in total. The van der Waals surface area contributed by atoms with Gasteiger partial charge in [0.1, 0.15) is 0 Å². The average Bonchev–Trinajstić information content (AvgIpc) is 2.38. The van der Waals surface area contributed by atoms with Gasteiger partial charge in [0, 0.05) is 11.4 Å². The molecule has 6 heteroatoms. The minimum Gasteiger partial charge on any atom is -0.346 e. The number of hydrogen-bond donors (Lipinski definition) is 3. The lowest BCUT2D eigenvalue weighted by Crippen LogP contribution is -2.36. The molecular formula is C12H17N3O2S. The number of hydrogen-bond acceptors (Lipinski definition) is 4. The summed E-state index contributed by atoms with van der Waals surface area (Å²) in [6, 6.07) is 7.61. The molecule has 1 aromatic rings. The van der Waals surface area contributed by atoms with Gasteiger partial charge in [-0.05, 0) is 24.0 Å². The molecule has 0 aliphatic rings. The predicted octanol–water partition coefficient (Wildman–Crippen LogP) is 0.563. The van der Waals surface area contributed by atoms with Gasteiger partial charge >= 0.3 is 0 Å². The van der Waals surface area contributed by atoms with E-state index in [0.717, 1.165) is 5.75 Å². The molecule has 98 valence electrons. The van der Waals surface area contributed by atoms with E-state index >= 15 is 0 Å². The molecule has 18 heavy (non-hydrogen) atoms. The molecule has 0 heterocycles. The summed E-state index contributed by atoms with van der Waals surface area (Å²) >= 11 is 1.74. The van der Waals surface area contributed by atoms with Crippen molar-refractivity contribution in [1.82, 2.24) is 5.32 Å². The molecule has 4 N–H and O–H groups in total. The minimum absolute atomic E-state index is 0.0669. The summed E-state index contributed by atoms with van der Waals surface area (Å²) in [7, 11) is 0. The predicted molar refractivity (Wildman–Crippen MR) is 74.4 cm³/mol. The fourth-order valence-corrected chi connectivity index (χ4v) is 1.83. The van der Waals surface area contributed by atoms with Gasteiger partial charge in [-0.3, -0.25) is 9.59 Å². The number of carbonyl (C=O) groups is 2. The van der Waals surface area contributed by atoms with Crippen molar-refractivity contribution in [3.63, 3.8) is 0 Å². The van der Waals surface area contributed by atoms with E-state index in [4.69, 9.17) is 5.73 Å². The second kappa shape index (κ2) is 7.73. The van der Waals surface area contributed by atoms with Crippen LogP contribution in [0.25, 0.3) is 0 Å². The van der Waals surface area contributed by atoms with Crippen molar-refractivity contribution >= 4 is 29.3 Å². The molecule has 0 aliphatic carbocycles. The Morgan fingerprint density at radius 2 is 1.89 bits per heavy atom. The van der Waals surface area contributed by atoms with Crippen LogP contribution in [0.15, 0.2) is 24.3 Å². The maximum Gasteiger partial charge on any atom is 0.243 e. The van der Waals surface area contributed by atoms with E-state index in [1.54, 1.807) is 11.8 Å². The van der Waals surface area contributed by atoms with Crippen LogP contribution in [0.2, 0.25) is 0 Å². The highest BCUT2D eigenvalue weighted by atomic mass is 32.2. The highest BCUT2D eigenvalue weighted by molar-refractivity contribution is 7.97. The van der Waals surface area contributed by atoms with Crippen LogP contribution in [0.5, 0.6) is 0 Å². The molecule has 0 fully saturated rings. The van der Waals surface area contributed by atoms with Crippen molar-refractivity contribution in [2.45, 2.75) is 5.75 Å². The summed E-state index contributed by atoms with van der Waals surface area (Å²) in [6.45, 7) is -0.181. The zero-order chi connectivity index (χ0) is 13.4. The lowest BCUT2D eigenvalue weighted by molar-refractivity contribution is -0.123. The Balaban J connectivity index is 2.42. The van der Waals surface area contributed by atoms with Gasteiger partial charge in [0.05, 0.1) is 13.1 Å². The molecule has 0 aromatic heterocycles. The van der Waals surface area contributed by atoms with Crippen LogP contribution < -0.4 is 16.4 Å². The van der Waals surface area contributed by atoms with E-state index in [1.807, 2.05) is 30.5 Å². The number of rotatable bonds is 6. The van der Waals surface area contributed by atoms with Crippen LogP contribution >= 0.6 is 11.8 Å². The molecule has 1 rings (SSSR count). The number of benzene rings is 1. The van der Waals surface area contributed by atoms with Crippen LogP contribution in [0.3, 0.4) is 0 Å². The molecule has 0 saturated carbocycles. The standard InChI is InChI=1S/C12H17N3O2S/c1-18-8-9-2-4-10(5-3-9)15-12(17)7-14-11(16)6-13/h2-5H,6-8,13H2,1H3,(H,14,16)(H,15,17). The zero-order valence-electron chi connectivity index (χ0n) is 10.2. The van der Waals surface area contributed by atoms with Crippen molar-refractivity contribution in [3.8, 4) is 0 Å². The van der Waals surface area contributed by atoms with E-state index < -0.39 is 0 Å². The van der Waals surface area contributed by atoms with Gasteiger partial charge in [0.2, 0.25) is 11.8 Å². The molecule has 0 spiro atoms. The summed E-state index contributed by atoms with van der Waals surface area (Å²) in [5, 5.41) is 5.09. The summed E-state index contributed by atoms with van der Waals surface area (Å²) in [5.74, 6) is 0.329. The molecule has 0 saturated heterocycles. The van der Waals surface area contributed by atoms with E-state index in [9.17, 15) is 9.59 Å². The SMILES string of the molecule is CSCc1ccc(NC(=O)CNC(=O)CN)cc1. The van der Waals surface area contributed by atoms with Crippen LogP contribution in [0.4, 0.5) is 5.69 Å². The molecule has 2 amide bonds. The highest BCUT2D eigenvalue weighted by Gasteiger charge is 2.04. The lowest BCUT2D eigenvalue weighted by Gasteiger charge is -2.07. The summed E-state index contributed by atoms with van der Waals surface area (Å²) in [4.78, 5) is 22.3. The van der Waals surface area contributed by atoms with Crippen molar-refractivity contribution < 1.29 is 9.59 Å². The van der Waals surface area contributed by atoms with E-state index in [0.29, 0.717) is 5.69 Å². The molecule has 0 bridgehead atoms. The van der Waals surface area contributed by atoms with Gasteiger partial charge < -0.3 is 16.4 Å². The largest absolute Gasteiger partial charge is 0.346 e. The van der Waals surface area contributed by atoms with Gasteiger partial charge in [0.15, 0.2) is 0 Å². The van der Waals surface area contributed by atoms with Gasteiger partial charge in [-0.25, -0.2) is 0 Å². The van der Waals surface area contributed by atoms with Gasteiger partial charge in [-0.15, -0.1) is 0 Å². The lowest BCUT2D eigenvalue weighted by atomic mass is 10.2. The summed E-state index contributed by atoms with van der Waals surface area (Å²) < 4.78 is 0. The molecule has 0 unspecified atom stereocenters. The van der Waals surface area contributed by atoms with Crippen LogP contribution in [0, 0.1) is 0 Å². The highest BCUT2D eigenvalue weighted by Crippen LogP contribution is 2.13. The number of amides is 2. The number of nitrogens with two attached hydrogens (primary N) is 1. The number of thioether (sulfide) groups is 1. The first-order valence-electron chi connectivity index (χ1n) is 5.50. The number of nitrogens with one attached hydrogen (secondary N) is 2. The summed E-state index contributed by atoms with van der Waals surface area (Å²) in [6.07, 6.45) is 2.04. The van der Waals surface area contributed by atoms with Gasteiger partial charge in [-0.2, -0.15) is 11.8 Å². The first-order chi connectivity index (χ1) is 8.65. The zero-order valence-corrected chi connectivity index (χ0v) is 11.0. The smallest absolute Gasteiger partial charge is 0.243 e. The first kappa shape index (κ1) is 14.5. The normalized spacial score (nSPS) is 9.89. The Kier molecular flexibility index (Phi) is 6.24. The molecule has 0 atom stereocenters. The fraction of sp³-hybridized carbons (Fsp3) is 0.333. The monoisotopic (exact) mass is 267 g/mol. The Bertz CT molecular complexity index is 406. The molecule has 0 aliphatic heterocycles. The van der Waals surface area contributed by atoms with E-state index in [-0.39, 0.29) is 24.9 Å². The second-order valence-corrected chi connectivity index (χ2v) is 4.52. The Hall–Kier alpha value is -1.53. The second-order valence-electron chi connectivity index (χ2n) is 3.66. The van der Waals surface area contributed by atoms with Crippen molar-refractivity contribution in [1.29, 1.82) is 0 Å². The fourth-order valence-electron chi connectivity index (χ4n) is 1.31. The topological polar surface area (TPSA) is 84.2 Å². The van der Waals surface area contributed by atoms with Crippen LogP contribution in [-0.4, -0.2) is 31.2 Å². The molecule has 0 radical (unpaired) electrons. The van der Waals surface area contributed by atoms with Gasteiger partial charge in [0.25, 0.3) is 0 Å². The maximum absolute atomic E-state index is 11.5. The van der Waals surface area contributed by atoms with Crippen molar-refractivity contribution in [3.05, 3.63) is 29.8 Å². The number of anilines is 1. The Morgan fingerprint density at radius 3 is 2.44 bits per heavy atom. The van der Waals surface area contributed by atoms with Crippen LogP contribution in [-0.2, 0) is 15.3 Å². The Morgan fingerprint density at radius 1 is 1.22 bits per heavy atom. The van der Waals surface area contributed by atoms with Gasteiger partial charge in [-0.1, -0.05) is 12.1 Å². The quantitative estimate of drug-likeness (QED) is 0.703. The third-order valence-corrected chi connectivity index (χ3v) is 2.80. The van der Waals surface area contributed by atoms with E-state index in [1.165, 1.54) is 5.56 Å². The third-order valence-electron chi connectivity index (χ3n) is 2.18. The van der Waals surface area contributed by atoms with Crippen molar-refractivity contribution in [2.24, 2.45) is 5.73 Å². The Labute approximate surface area is 111 Å². The molecular weight excluding hydrogens is 250 g/mol. The number of carbonyl (C=O) groups excluding carboxylic acids is 2. The third kappa shape index (κ3) is 5.20. The van der Waals surface area contributed by atoms with Crippen molar-refractivity contribution in [2.75, 3.05) is 24.7 Å². The molecule has 1 aromatic carbocycles. The summed E-state index contributed by atoms with van der Waals surface area (Å²) in [5.41, 5.74) is 7.03. The first-order valence-corrected chi connectivity index (χ1v) is 6.89. The van der Waals surface area contributed by atoms with Crippen LogP contribution in [0.1, 0.15) is 5.56 Å². The average molecular weight is 267 g/mol. The maximum atomic E-state index is 11.5. The van der Waals surface area contributed by atoms with E-state index in [2.05, 4.69) is 10.6 Å². The minimum atomic E-state index is -0.347.